The van der Waals surface area contributed by atoms with Crippen molar-refractivity contribution in [1.82, 2.24) is 10.2 Å². The van der Waals surface area contributed by atoms with Crippen molar-refractivity contribution in [3.63, 3.8) is 0 Å². The standard InChI is InChI=1S/C21H18N4O3S/c1-12-7-3-5-9-15(12)22-20(27)17-11-14-18(24-25-21(14)29-17)23-19(26)13-8-4-6-10-16(13)28-2/h3-11H,1-2H3,(H,22,27)(H2,23,24,25,26). The molecule has 0 aliphatic rings. The molecule has 146 valence electrons. The van der Waals surface area contributed by atoms with Crippen molar-refractivity contribution >= 4 is 44.9 Å². The second kappa shape index (κ2) is 7.76. The lowest BCUT2D eigenvalue weighted by molar-refractivity contribution is 0.101. The summed E-state index contributed by atoms with van der Waals surface area (Å²) < 4.78 is 5.24. The van der Waals surface area contributed by atoms with Gasteiger partial charge >= 0.3 is 0 Å². The molecule has 0 atom stereocenters. The molecule has 2 amide bonds. The lowest BCUT2D eigenvalue weighted by atomic mass is 10.2. The minimum absolute atomic E-state index is 0.212. The number of methoxy groups -OCH3 is 1. The fourth-order valence-electron chi connectivity index (χ4n) is 2.93. The lowest BCUT2D eigenvalue weighted by Gasteiger charge is -2.07. The summed E-state index contributed by atoms with van der Waals surface area (Å²) in [4.78, 5) is 26.5. The van der Waals surface area contributed by atoms with Crippen molar-refractivity contribution < 1.29 is 14.3 Å². The Morgan fingerprint density at radius 2 is 1.79 bits per heavy atom. The number of carbonyl (C=O) groups is 2. The molecular weight excluding hydrogens is 388 g/mol. The van der Waals surface area contributed by atoms with Crippen LogP contribution < -0.4 is 15.4 Å². The molecule has 4 rings (SSSR count). The maximum Gasteiger partial charge on any atom is 0.265 e. The van der Waals surface area contributed by atoms with E-state index in [9.17, 15) is 9.59 Å². The molecule has 2 aromatic heterocycles. The number of carbonyl (C=O) groups excluding carboxylic acids is 2. The molecule has 0 bridgehead atoms. The Balaban J connectivity index is 1.57. The van der Waals surface area contributed by atoms with E-state index >= 15 is 0 Å². The largest absolute Gasteiger partial charge is 0.496 e. The van der Waals surface area contributed by atoms with Crippen LogP contribution in [0.3, 0.4) is 0 Å². The van der Waals surface area contributed by atoms with Crippen LogP contribution >= 0.6 is 11.3 Å². The van der Waals surface area contributed by atoms with Crippen molar-refractivity contribution in [1.29, 1.82) is 0 Å². The first-order valence-electron chi connectivity index (χ1n) is 8.86. The number of aryl methyl sites for hydroxylation is 1. The number of fused-ring (bicyclic) bond motifs is 1. The van der Waals surface area contributed by atoms with Crippen molar-refractivity contribution in [2.45, 2.75) is 6.92 Å². The number of hydrogen-bond acceptors (Lipinski definition) is 5. The topological polar surface area (TPSA) is 96.1 Å². The van der Waals surface area contributed by atoms with Gasteiger partial charge in [0.25, 0.3) is 11.8 Å². The van der Waals surface area contributed by atoms with Gasteiger partial charge in [-0.25, -0.2) is 0 Å². The number of anilines is 2. The van der Waals surface area contributed by atoms with Crippen LogP contribution in [0.1, 0.15) is 25.6 Å². The van der Waals surface area contributed by atoms with Crippen LogP contribution in [0.15, 0.2) is 54.6 Å². The van der Waals surface area contributed by atoms with E-state index in [0.717, 1.165) is 11.3 Å². The number of nitrogens with zero attached hydrogens (tertiary/aromatic N) is 1. The highest BCUT2D eigenvalue weighted by Gasteiger charge is 2.19. The second-order valence-corrected chi connectivity index (χ2v) is 7.40. The van der Waals surface area contributed by atoms with Crippen LogP contribution in [0, 0.1) is 6.92 Å². The van der Waals surface area contributed by atoms with Crippen LogP contribution in [0.2, 0.25) is 0 Å². The maximum absolute atomic E-state index is 12.6. The van der Waals surface area contributed by atoms with E-state index in [-0.39, 0.29) is 11.8 Å². The van der Waals surface area contributed by atoms with Gasteiger partial charge in [0.2, 0.25) is 0 Å². The Kier molecular flexibility index (Phi) is 5.01. The van der Waals surface area contributed by atoms with Crippen molar-refractivity contribution in [2.75, 3.05) is 17.7 Å². The number of aromatic amines is 1. The first kappa shape index (κ1) is 18.7. The zero-order chi connectivity index (χ0) is 20.4. The molecule has 2 heterocycles. The van der Waals surface area contributed by atoms with E-state index < -0.39 is 0 Å². The molecule has 0 aliphatic carbocycles. The predicted molar refractivity (Wildman–Crippen MR) is 114 cm³/mol. The summed E-state index contributed by atoms with van der Waals surface area (Å²) in [7, 11) is 1.51. The molecule has 0 aliphatic heterocycles. The van der Waals surface area contributed by atoms with E-state index in [4.69, 9.17) is 4.74 Å². The number of hydrogen-bond donors (Lipinski definition) is 3. The van der Waals surface area contributed by atoms with Crippen LogP contribution in [0.25, 0.3) is 10.2 Å². The van der Waals surface area contributed by atoms with Gasteiger partial charge in [-0.05, 0) is 36.8 Å². The number of para-hydroxylation sites is 2. The van der Waals surface area contributed by atoms with Gasteiger partial charge in [0.05, 0.1) is 22.9 Å². The Hall–Kier alpha value is -3.65. The van der Waals surface area contributed by atoms with E-state index in [2.05, 4.69) is 20.8 Å². The van der Waals surface area contributed by atoms with Crippen molar-refractivity contribution in [3.05, 3.63) is 70.6 Å². The summed E-state index contributed by atoms with van der Waals surface area (Å²) in [6.07, 6.45) is 0. The van der Waals surface area contributed by atoms with Crippen molar-refractivity contribution in [2.24, 2.45) is 0 Å². The SMILES string of the molecule is COc1ccccc1C(=O)Nc1n[nH]c2sc(C(=O)Nc3ccccc3C)cc12. The first-order valence-corrected chi connectivity index (χ1v) is 9.67. The van der Waals surface area contributed by atoms with E-state index in [0.29, 0.717) is 32.2 Å². The number of aromatic nitrogens is 2. The Morgan fingerprint density at radius 1 is 1.03 bits per heavy atom. The Bertz CT molecular complexity index is 1210. The zero-order valence-electron chi connectivity index (χ0n) is 15.8. The Labute approximate surface area is 170 Å². The average Bonchev–Trinajstić information content (AvgIpc) is 3.31. The number of H-pyrrole nitrogens is 1. The highest BCUT2D eigenvalue weighted by molar-refractivity contribution is 7.20. The minimum Gasteiger partial charge on any atom is -0.496 e. The molecule has 0 radical (unpaired) electrons. The van der Waals surface area contributed by atoms with Gasteiger partial charge in [0.1, 0.15) is 10.6 Å². The van der Waals surface area contributed by atoms with Crippen LogP contribution in [-0.2, 0) is 0 Å². The lowest BCUT2D eigenvalue weighted by Crippen LogP contribution is -2.13. The summed E-state index contributed by atoms with van der Waals surface area (Å²) in [6, 6.07) is 16.2. The number of amides is 2. The quantitative estimate of drug-likeness (QED) is 0.456. The Morgan fingerprint density at radius 3 is 2.59 bits per heavy atom. The smallest absolute Gasteiger partial charge is 0.265 e. The normalized spacial score (nSPS) is 10.7. The average molecular weight is 406 g/mol. The third-order valence-electron chi connectivity index (χ3n) is 4.46. The first-order chi connectivity index (χ1) is 14.1. The number of nitrogens with one attached hydrogen (secondary N) is 3. The molecule has 7 nitrogen and oxygen atoms in total. The molecule has 2 aromatic carbocycles. The molecule has 0 saturated carbocycles. The predicted octanol–water partition coefficient (Wildman–Crippen LogP) is 4.45. The summed E-state index contributed by atoms with van der Waals surface area (Å²) >= 11 is 1.28. The van der Waals surface area contributed by atoms with Crippen LogP contribution in [0.5, 0.6) is 5.75 Å². The van der Waals surface area contributed by atoms with Gasteiger partial charge in [-0.15, -0.1) is 11.3 Å². The monoisotopic (exact) mass is 406 g/mol. The van der Waals surface area contributed by atoms with E-state index in [1.807, 2.05) is 31.2 Å². The number of ether oxygens (including phenoxy) is 1. The highest BCUT2D eigenvalue weighted by Crippen LogP contribution is 2.30. The van der Waals surface area contributed by atoms with Gasteiger partial charge in [-0.2, -0.15) is 5.10 Å². The number of rotatable bonds is 5. The summed E-state index contributed by atoms with van der Waals surface area (Å²) in [5.74, 6) is 0.284. The van der Waals surface area contributed by atoms with E-state index in [1.165, 1.54) is 18.4 Å². The van der Waals surface area contributed by atoms with Gasteiger partial charge in [-0.1, -0.05) is 30.3 Å². The van der Waals surface area contributed by atoms with Crippen LogP contribution in [-0.4, -0.2) is 29.1 Å². The molecule has 4 aromatic rings. The zero-order valence-corrected chi connectivity index (χ0v) is 16.6. The summed E-state index contributed by atoms with van der Waals surface area (Å²) in [5.41, 5.74) is 2.14. The molecule has 0 fully saturated rings. The molecule has 0 unspecified atom stereocenters. The molecule has 29 heavy (non-hydrogen) atoms. The van der Waals surface area contributed by atoms with Crippen LogP contribution in [0.4, 0.5) is 11.5 Å². The van der Waals surface area contributed by atoms with E-state index in [1.54, 1.807) is 30.3 Å². The minimum atomic E-state index is -0.340. The van der Waals surface area contributed by atoms with Gasteiger partial charge < -0.3 is 15.4 Å². The highest BCUT2D eigenvalue weighted by atomic mass is 32.1. The number of benzene rings is 2. The number of thiophene rings is 1. The molecule has 0 spiro atoms. The van der Waals surface area contributed by atoms with Gasteiger partial charge in [0, 0.05) is 5.69 Å². The second-order valence-electron chi connectivity index (χ2n) is 6.35. The van der Waals surface area contributed by atoms with Crippen molar-refractivity contribution in [3.8, 4) is 5.75 Å². The third-order valence-corrected chi connectivity index (χ3v) is 5.50. The van der Waals surface area contributed by atoms with Gasteiger partial charge in [0.15, 0.2) is 5.82 Å². The molecular formula is C21H18N4O3S. The summed E-state index contributed by atoms with van der Waals surface area (Å²) in [6.45, 7) is 1.93. The third kappa shape index (κ3) is 3.70. The molecule has 8 heteroatoms. The fraction of sp³-hybridized carbons (Fsp3) is 0.0952. The maximum atomic E-state index is 12.6. The fourth-order valence-corrected chi connectivity index (χ4v) is 3.83. The summed E-state index contributed by atoms with van der Waals surface area (Å²) in [5, 5.41) is 13.4. The molecule has 0 saturated heterocycles. The van der Waals surface area contributed by atoms with Gasteiger partial charge in [-0.3, -0.25) is 14.7 Å². The molecule has 3 N–H and O–H groups in total.